The van der Waals surface area contributed by atoms with Gasteiger partial charge >= 0.3 is 0 Å². The molecule has 0 fully saturated rings. The molecule has 84 valence electrons. The van der Waals surface area contributed by atoms with E-state index in [4.69, 9.17) is 10.5 Å². The van der Waals surface area contributed by atoms with E-state index in [0.717, 1.165) is 18.0 Å². The largest absolute Gasteiger partial charge is 0.493 e. The van der Waals surface area contributed by atoms with Gasteiger partial charge in [-0.05, 0) is 12.1 Å². The zero-order chi connectivity index (χ0) is 11.4. The first kappa shape index (κ1) is 10.5. The van der Waals surface area contributed by atoms with E-state index in [0.29, 0.717) is 12.3 Å². The first-order chi connectivity index (χ1) is 7.75. The first-order valence-electron chi connectivity index (χ1n) is 5.07. The Morgan fingerprint density at radius 2 is 2.31 bits per heavy atom. The second kappa shape index (κ2) is 4.65. The molecule has 0 unspecified atom stereocenters. The monoisotopic (exact) mass is 218 g/mol. The Morgan fingerprint density at radius 3 is 3.00 bits per heavy atom. The van der Waals surface area contributed by atoms with Gasteiger partial charge in [-0.25, -0.2) is 0 Å². The molecule has 0 aliphatic heterocycles. The highest BCUT2D eigenvalue weighted by Gasteiger charge is 2.01. The minimum absolute atomic E-state index is 0.565. The number of nitrogen functional groups attached to an aromatic ring is 1. The van der Waals surface area contributed by atoms with Crippen LogP contribution in [0.2, 0.25) is 0 Å². The lowest BCUT2D eigenvalue weighted by Crippen LogP contribution is -2.06. The third-order valence-corrected chi connectivity index (χ3v) is 2.26. The van der Waals surface area contributed by atoms with Gasteiger partial charge in [-0.3, -0.25) is 0 Å². The maximum Gasteiger partial charge on any atom is 0.135 e. The maximum absolute atomic E-state index is 5.64. The van der Waals surface area contributed by atoms with Crippen LogP contribution >= 0.6 is 0 Å². The van der Waals surface area contributed by atoms with Gasteiger partial charge in [-0.1, -0.05) is 6.07 Å². The van der Waals surface area contributed by atoms with Crippen molar-refractivity contribution in [2.75, 3.05) is 12.3 Å². The number of anilines is 1. The Balaban J connectivity index is 1.87. The van der Waals surface area contributed by atoms with Crippen molar-refractivity contribution in [2.45, 2.75) is 6.42 Å². The van der Waals surface area contributed by atoms with E-state index in [1.165, 1.54) is 0 Å². The summed E-state index contributed by atoms with van der Waals surface area (Å²) >= 11 is 0. The summed E-state index contributed by atoms with van der Waals surface area (Å²) in [4.78, 5) is 0. The van der Waals surface area contributed by atoms with Gasteiger partial charge < -0.3 is 15.0 Å². The summed E-state index contributed by atoms with van der Waals surface area (Å²) in [5.41, 5.74) is 6.35. The molecule has 0 saturated carbocycles. The highest BCUT2D eigenvalue weighted by Crippen LogP contribution is 2.14. The fraction of sp³-hybridized carbons (Fsp3) is 0.273. The van der Waals surface area contributed by atoms with Gasteiger partial charge in [0.2, 0.25) is 0 Å². The minimum atomic E-state index is 0.565. The molecule has 0 spiro atoms. The van der Waals surface area contributed by atoms with Crippen LogP contribution in [0.25, 0.3) is 0 Å². The van der Waals surface area contributed by atoms with Crippen molar-refractivity contribution in [2.24, 2.45) is 7.05 Å². The van der Waals surface area contributed by atoms with Gasteiger partial charge in [0, 0.05) is 25.2 Å². The molecule has 0 aliphatic carbocycles. The molecular weight excluding hydrogens is 204 g/mol. The molecule has 1 aromatic carbocycles. The summed E-state index contributed by atoms with van der Waals surface area (Å²) in [5.74, 6) is 1.69. The van der Waals surface area contributed by atoms with Gasteiger partial charge in [-0.15, -0.1) is 10.2 Å². The number of ether oxygens (including phenoxy) is 1. The Bertz CT molecular complexity index is 467. The lowest BCUT2D eigenvalue weighted by molar-refractivity contribution is 0.317. The zero-order valence-electron chi connectivity index (χ0n) is 9.13. The molecule has 0 saturated heterocycles. The standard InChI is InChI=1S/C11H14N4O/c1-15-8-13-14-11(15)5-6-16-10-4-2-3-9(12)7-10/h2-4,7-8H,5-6,12H2,1H3. The third-order valence-electron chi connectivity index (χ3n) is 2.26. The van der Waals surface area contributed by atoms with Gasteiger partial charge in [-0.2, -0.15) is 0 Å². The van der Waals surface area contributed by atoms with E-state index in [1.54, 1.807) is 12.4 Å². The Kier molecular flexibility index (Phi) is 3.05. The molecule has 5 nitrogen and oxygen atoms in total. The van der Waals surface area contributed by atoms with E-state index in [9.17, 15) is 0 Å². The molecule has 0 radical (unpaired) electrons. The highest BCUT2D eigenvalue weighted by molar-refractivity contribution is 5.43. The van der Waals surface area contributed by atoms with Crippen LogP contribution in [-0.4, -0.2) is 21.4 Å². The number of nitrogens with two attached hydrogens (primary N) is 1. The van der Waals surface area contributed by atoms with Crippen LogP contribution in [0, 0.1) is 0 Å². The van der Waals surface area contributed by atoms with Crippen molar-refractivity contribution in [1.29, 1.82) is 0 Å². The molecule has 1 heterocycles. The molecule has 0 atom stereocenters. The predicted octanol–water partition coefficient (Wildman–Crippen LogP) is 1.02. The highest BCUT2D eigenvalue weighted by atomic mass is 16.5. The van der Waals surface area contributed by atoms with Crippen molar-refractivity contribution in [3.05, 3.63) is 36.4 Å². The lowest BCUT2D eigenvalue weighted by atomic mass is 10.3. The summed E-state index contributed by atoms with van der Waals surface area (Å²) in [6.45, 7) is 0.565. The minimum Gasteiger partial charge on any atom is -0.493 e. The number of hydrogen-bond donors (Lipinski definition) is 1. The van der Waals surface area contributed by atoms with E-state index < -0.39 is 0 Å². The van der Waals surface area contributed by atoms with Crippen LogP contribution in [0.1, 0.15) is 5.82 Å². The molecule has 16 heavy (non-hydrogen) atoms. The summed E-state index contributed by atoms with van der Waals surface area (Å²) in [6.07, 6.45) is 2.40. The molecule has 0 aliphatic rings. The van der Waals surface area contributed by atoms with Crippen LogP contribution in [0.15, 0.2) is 30.6 Å². The quantitative estimate of drug-likeness (QED) is 0.778. The fourth-order valence-electron chi connectivity index (χ4n) is 1.40. The predicted molar refractivity (Wildman–Crippen MR) is 61.1 cm³/mol. The number of benzene rings is 1. The van der Waals surface area contributed by atoms with Gasteiger partial charge in [0.1, 0.15) is 17.9 Å². The number of aromatic nitrogens is 3. The fourth-order valence-corrected chi connectivity index (χ4v) is 1.40. The van der Waals surface area contributed by atoms with Crippen molar-refractivity contribution < 1.29 is 4.74 Å². The molecule has 5 heteroatoms. The van der Waals surface area contributed by atoms with E-state index in [-0.39, 0.29) is 0 Å². The van der Waals surface area contributed by atoms with Crippen molar-refractivity contribution in [3.8, 4) is 5.75 Å². The van der Waals surface area contributed by atoms with Gasteiger partial charge in [0.25, 0.3) is 0 Å². The maximum atomic E-state index is 5.64. The Morgan fingerprint density at radius 1 is 1.44 bits per heavy atom. The number of rotatable bonds is 4. The van der Waals surface area contributed by atoms with Gasteiger partial charge in [0.15, 0.2) is 0 Å². The summed E-state index contributed by atoms with van der Waals surface area (Å²) in [5, 5.41) is 7.77. The molecule has 0 amide bonds. The normalized spacial score (nSPS) is 10.3. The average Bonchev–Trinajstić information content (AvgIpc) is 2.65. The van der Waals surface area contributed by atoms with E-state index in [2.05, 4.69) is 10.2 Å². The zero-order valence-corrected chi connectivity index (χ0v) is 9.13. The number of hydrogen-bond acceptors (Lipinski definition) is 4. The van der Waals surface area contributed by atoms with Crippen LogP contribution in [-0.2, 0) is 13.5 Å². The number of aryl methyl sites for hydroxylation is 1. The average molecular weight is 218 g/mol. The second-order valence-corrected chi connectivity index (χ2v) is 3.53. The Hall–Kier alpha value is -2.04. The van der Waals surface area contributed by atoms with Crippen molar-refractivity contribution in [1.82, 2.24) is 14.8 Å². The second-order valence-electron chi connectivity index (χ2n) is 3.53. The molecule has 1 aromatic heterocycles. The van der Waals surface area contributed by atoms with Crippen molar-refractivity contribution in [3.63, 3.8) is 0 Å². The van der Waals surface area contributed by atoms with Crippen LogP contribution in [0.3, 0.4) is 0 Å². The van der Waals surface area contributed by atoms with E-state index in [1.807, 2.05) is 29.8 Å². The first-order valence-corrected chi connectivity index (χ1v) is 5.07. The van der Waals surface area contributed by atoms with Crippen LogP contribution in [0.5, 0.6) is 5.75 Å². The molecule has 2 rings (SSSR count). The Labute approximate surface area is 93.9 Å². The van der Waals surface area contributed by atoms with Crippen LogP contribution in [0.4, 0.5) is 5.69 Å². The number of nitrogens with zero attached hydrogens (tertiary/aromatic N) is 3. The molecule has 2 aromatic rings. The van der Waals surface area contributed by atoms with Crippen molar-refractivity contribution >= 4 is 5.69 Å². The van der Waals surface area contributed by atoms with E-state index >= 15 is 0 Å². The summed E-state index contributed by atoms with van der Waals surface area (Å²) in [7, 11) is 1.91. The summed E-state index contributed by atoms with van der Waals surface area (Å²) < 4.78 is 7.43. The lowest BCUT2D eigenvalue weighted by Gasteiger charge is -2.06. The topological polar surface area (TPSA) is 66.0 Å². The molecular formula is C11H14N4O. The van der Waals surface area contributed by atoms with Gasteiger partial charge in [0.05, 0.1) is 6.61 Å². The van der Waals surface area contributed by atoms with Crippen LogP contribution < -0.4 is 10.5 Å². The SMILES string of the molecule is Cn1cnnc1CCOc1cccc(N)c1. The summed E-state index contributed by atoms with van der Waals surface area (Å²) in [6, 6.07) is 7.38. The third kappa shape index (κ3) is 2.50. The molecule has 2 N–H and O–H groups in total. The molecule has 0 bridgehead atoms. The smallest absolute Gasteiger partial charge is 0.135 e.